The van der Waals surface area contributed by atoms with Gasteiger partial charge in [-0.2, -0.15) is 5.10 Å². The third kappa shape index (κ3) is 2.11. The predicted octanol–water partition coefficient (Wildman–Crippen LogP) is 2.56. The van der Waals surface area contributed by atoms with Gasteiger partial charge in [0.1, 0.15) is 5.82 Å². The Balaban J connectivity index is 2.24. The van der Waals surface area contributed by atoms with Crippen molar-refractivity contribution in [3.8, 4) is 0 Å². The molecule has 4 nitrogen and oxygen atoms in total. The Labute approximate surface area is 99.0 Å². The number of nitrogens with zero attached hydrogens (tertiary/aromatic N) is 1. The highest BCUT2D eigenvalue weighted by Crippen LogP contribution is 2.21. The van der Waals surface area contributed by atoms with E-state index in [1.165, 1.54) is 30.6 Å². The molecule has 0 saturated carbocycles. The first-order chi connectivity index (χ1) is 7.68. The zero-order chi connectivity index (χ0) is 11.5. The number of carbonyl (C=O) groups is 1. The Morgan fingerprint density at radius 2 is 2.31 bits per heavy atom. The minimum Gasteiger partial charge on any atom is -0.319 e. The molecule has 0 atom stereocenters. The molecule has 82 valence electrons. The highest BCUT2D eigenvalue weighted by molar-refractivity contribution is 9.10. The fourth-order valence-electron chi connectivity index (χ4n) is 1.20. The van der Waals surface area contributed by atoms with Crippen LogP contribution in [0.15, 0.2) is 35.1 Å². The lowest BCUT2D eigenvalue weighted by atomic mass is 10.2. The third-order valence-electron chi connectivity index (χ3n) is 1.95. The molecule has 0 aliphatic carbocycles. The molecule has 0 bridgehead atoms. The molecule has 1 amide bonds. The summed E-state index contributed by atoms with van der Waals surface area (Å²) in [5.74, 6) is -0.868. The zero-order valence-corrected chi connectivity index (χ0v) is 9.58. The van der Waals surface area contributed by atoms with Gasteiger partial charge in [-0.1, -0.05) is 6.07 Å². The van der Waals surface area contributed by atoms with Gasteiger partial charge in [0.2, 0.25) is 0 Å². The van der Waals surface area contributed by atoms with E-state index < -0.39 is 11.7 Å². The van der Waals surface area contributed by atoms with E-state index in [2.05, 4.69) is 31.4 Å². The molecule has 1 heterocycles. The summed E-state index contributed by atoms with van der Waals surface area (Å²) in [5.41, 5.74) is 0.766. The number of hydrogen-bond donors (Lipinski definition) is 2. The first kappa shape index (κ1) is 10.8. The summed E-state index contributed by atoms with van der Waals surface area (Å²) in [6.45, 7) is 0. The molecule has 0 unspecified atom stereocenters. The highest BCUT2D eigenvalue weighted by atomic mass is 79.9. The second kappa shape index (κ2) is 4.44. The molecule has 6 heteroatoms. The number of carbonyl (C=O) groups excluding carboxylic acids is 1. The number of rotatable bonds is 2. The van der Waals surface area contributed by atoms with Crippen LogP contribution in [0, 0.1) is 5.82 Å². The monoisotopic (exact) mass is 283 g/mol. The van der Waals surface area contributed by atoms with Crippen molar-refractivity contribution in [2.24, 2.45) is 0 Å². The number of aromatic amines is 1. The van der Waals surface area contributed by atoms with Crippen LogP contribution in [-0.2, 0) is 0 Å². The maximum absolute atomic E-state index is 13.2. The SMILES string of the molecule is O=C(Nc1cn[nH]c1)c1cccc(F)c1Br. The van der Waals surface area contributed by atoms with E-state index in [0.717, 1.165) is 0 Å². The largest absolute Gasteiger partial charge is 0.319 e. The molecule has 0 radical (unpaired) electrons. The molecular weight excluding hydrogens is 277 g/mol. The average Bonchev–Trinajstić information content (AvgIpc) is 2.74. The van der Waals surface area contributed by atoms with Crippen LogP contribution in [-0.4, -0.2) is 16.1 Å². The van der Waals surface area contributed by atoms with Gasteiger partial charge >= 0.3 is 0 Å². The van der Waals surface area contributed by atoms with Crippen LogP contribution in [0.3, 0.4) is 0 Å². The van der Waals surface area contributed by atoms with Crippen molar-refractivity contribution in [3.63, 3.8) is 0 Å². The van der Waals surface area contributed by atoms with Crippen molar-refractivity contribution in [2.75, 3.05) is 5.32 Å². The Hall–Kier alpha value is -1.69. The van der Waals surface area contributed by atoms with Gasteiger partial charge in [-0.15, -0.1) is 0 Å². The van der Waals surface area contributed by atoms with E-state index in [0.29, 0.717) is 5.69 Å². The van der Waals surface area contributed by atoms with Crippen molar-refractivity contribution in [3.05, 3.63) is 46.4 Å². The number of anilines is 1. The fraction of sp³-hybridized carbons (Fsp3) is 0. The number of nitrogens with one attached hydrogen (secondary N) is 2. The van der Waals surface area contributed by atoms with E-state index in [1.54, 1.807) is 0 Å². The van der Waals surface area contributed by atoms with Crippen LogP contribution in [0.2, 0.25) is 0 Å². The van der Waals surface area contributed by atoms with E-state index in [-0.39, 0.29) is 10.0 Å². The van der Waals surface area contributed by atoms with Gasteiger partial charge in [0.15, 0.2) is 0 Å². The summed E-state index contributed by atoms with van der Waals surface area (Å²) >= 11 is 3.03. The summed E-state index contributed by atoms with van der Waals surface area (Å²) in [6, 6.07) is 4.28. The van der Waals surface area contributed by atoms with Crippen molar-refractivity contribution in [2.45, 2.75) is 0 Å². The zero-order valence-electron chi connectivity index (χ0n) is 8.00. The number of benzene rings is 1. The van der Waals surface area contributed by atoms with Gasteiger partial charge in [0, 0.05) is 6.20 Å². The van der Waals surface area contributed by atoms with Gasteiger partial charge in [0.25, 0.3) is 5.91 Å². The number of hydrogen-bond acceptors (Lipinski definition) is 2. The first-order valence-electron chi connectivity index (χ1n) is 4.42. The lowest BCUT2D eigenvalue weighted by molar-refractivity contribution is 0.102. The van der Waals surface area contributed by atoms with Gasteiger partial charge < -0.3 is 5.32 Å². The molecule has 2 aromatic rings. The fourth-order valence-corrected chi connectivity index (χ4v) is 1.64. The Morgan fingerprint density at radius 1 is 1.50 bits per heavy atom. The Kier molecular flexibility index (Phi) is 3.00. The van der Waals surface area contributed by atoms with Crippen molar-refractivity contribution in [1.29, 1.82) is 0 Å². The molecule has 0 spiro atoms. The molecule has 1 aromatic heterocycles. The second-order valence-corrected chi connectivity index (χ2v) is 3.84. The summed E-state index contributed by atoms with van der Waals surface area (Å²) in [7, 11) is 0. The molecule has 1 aromatic carbocycles. The predicted molar refractivity (Wildman–Crippen MR) is 60.6 cm³/mol. The molecule has 2 rings (SSSR count). The molecule has 0 aliphatic heterocycles. The Morgan fingerprint density at radius 3 is 3.00 bits per heavy atom. The van der Waals surface area contributed by atoms with Gasteiger partial charge in [0.05, 0.1) is 21.9 Å². The molecule has 0 fully saturated rings. The molecule has 0 aliphatic rings. The molecular formula is C10H7BrFN3O. The molecule has 0 saturated heterocycles. The minimum absolute atomic E-state index is 0.149. The van der Waals surface area contributed by atoms with Gasteiger partial charge in [-0.05, 0) is 28.1 Å². The topological polar surface area (TPSA) is 57.8 Å². The van der Waals surface area contributed by atoms with Crippen molar-refractivity contribution >= 4 is 27.5 Å². The standard InChI is InChI=1S/C10H7BrFN3O/c11-9-7(2-1-3-8(9)12)10(16)15-6-4-13-14-5-6/h1-5H,(H,13,14)(H,15,16). The van der Waals surface area contributed by atoms with Gasteiger partial charge in [-0.25, -0.2) is 4.39 Å². The smallest absolute Gasteiger partial charge is 0.257 e. The number of amides is 1. The quantitative estimate of drug-likeness (QED) is 0.890. The van der Waals surface area contributed by atoms with E-state index in [4.69, 9.17) is 0 Å². The maximum atomic E-state index is 13.2. The first-order valence-corrected chi connectivity index (χ1v) is 5.22. The number of H-pyrrole nitrogens is 1. The number of aromatic nitrogens is 2. The highest BCUT2D eigenvalue weighted by Gasteiger charge is 2.13. The third-order valence-corrected chi connectivity index (χ3v) is 2.76. The summed E-state index contributed by atoms with van der Waals surface area (Å²) in [6.07, 6.45) is 3.00. The van der Waals surface area contributed by atoms with Crippen molar-refractivity contribution < 1.29 is 9.18 Å². The van der Waals surface area contributed by atoms with Crippen LogP contribution in [0.4, 0.5) is 10.1 Å². The van der Waals surface area contributed by atoms with E-state index in [1.807, 2.05) is 0 Å². The normalized spacial score (nSPS) is 10.1. The minimum atomic E-state index is -0.472. The lowest BCUT2D eigenvalue weighted by Crippen LogP contribution is -2.12. The second-order valence-electron chi connectivity index (χ2n) is 3.04. The summed E-state index contributed by atoms with van der Waals surface area (Å²) in [4.78, 5) is 11.7. The average molecular weight is 284 g/mol. The lowest BCUT2D eigenvalue weighted by Gasteiger charge is -2.04. The van der Waals surface area contributed by atoms with E-state index >= 15 is 0 Å². The van der Waals surface area contributed by atoms with E-state index in [9.17, 15) is 9.18 Å². The van der Waals surface area contributed by atoms with Gasteiger partial charge in [-0.3, -0.25) is 9.89 Å². The summed E-state index contributed by atoms with van der Waals surface area (Å²) in [5, 5.41) is 8.82. The molecule has 16 heavy (non-hydrogen) atoms. The van der Waals surface area contributed by atoms with Crippen LogP contribution in [0.5, 0.6) is 0 Å². The van der Waals surface area contributed by atoms with Crippen LogP contribution < -0.4 is 5.32 Å². The summed E-state index contributed by atoms with van der Waals surface area (Å²) < 4.78 is 13.3. The van der Waals surface area contributed by atoms with Crippen molar-refractivity contribution in [1.82, 2.24) is 10.2 Å². The van der Waals surface area contributed by atoms with Crippen LogP contribution in [0.1, 0.15) is 10.4 Å². The van der Waals surface area contributed by atoms with Crippen LogP contribution >= 0.6 is 15.9 Å². The maximum Gasteiger partial charge on any atom is 0.257 e. The van der Waals surface area contributed by atoms with Crippen LogP contribution in [0.25, 0.3) is 0 Å². The number of halogens is 2. The Bertz CT molecular complexity index is 513. The molecule has 2 N–H and O–H groups in total.